The van der Waals surface area contributed by atoms with Crippen molar-refractivity contribution in [2.75, 3.05) is 12.3 Å². The van der Waals surface area contributed by atoms with Crippen molar-refractivity contribution in [1.82, 2.24) is 9.55 Å². The van der Waals surface area contributed by atoms with Crippen LogP contribution in [0.3, 0.4) is 0 Å². The summed E-state index contributed by atoms with van der Waals surface area (Å²) in [6, 6.07) is -0.242. The minimum Gasteiger partial charge on any atom is -0.396 e. The number of H-pyrrole nitrogens is 1. The molecule has 1 aromatic rings. The molecule has 0 bridgehead atoms. The van der Waals surface area contributed by atoms with Gasteiger partial charge in [-0.3, -0.25) is 14.3 Å². The van der Waals surface area contributed by atoms with Crippen LogP contribution < -0.4 is 17.0 Å². The van der Waals surface area contributed by atoms with Crippen LogP contribution in [-0.2, 0) is 0 Å². The first kappa shape index (κ1) is 11.9. The van der Waals surface area contributed by atoms with Crippen molar-refractivity contribution in [3.8, 4) is 0 Å². The van der Waals surface area contributed by atoms with Crippen molar-refractivity contribution < 1.29 is 10.2 Å². The van der Waals surface area contributed by atoms with Gasteiger partial charge in [-0.05, 0) is 12.8 Å². The lowest BCUT2D eigenvalue weighted by Gasteiger charge is -2.13. The first-order chi connectivity index (χ1) is 8.02. The lowest BCUT2D eigenvalue weighted by molar-refractivity contribution is 0.0906. The van der Waals surface area contributed by atoms with Crippen LogP contribution in [0.25, 0.3) is 0 Å². The van der Waals surface area contributed by atoms with Crippen LogP contribution in [0.15, 0.2) is 15.8 Å². The molecule has 3 atom stereocenters. The first-order valence-electron chi connectivity index (χ1n) is 5.42. The summed E-state index contributed by atoms with van der Waals surface area (Å²) in [5.41, 5.74) is 4.26. The van der Waals surface area contributed by atoms with Crippen LogP contribution in [0.4, 0.5) is 5.69 Å². The standard InChI is InChI=1S/C10H15N3O4/c11-7-3-13(10(17)12-9(7)16)6-1-5(4-14)8(15)2-6/h3,5-6,8,14-15H,1-2,4,11H2,(H,12,16,17)/t5-,6-,8+/m1/s1. The molecule has 0 unspecified atom stereocenters. The Morgan fingerprint density at radius 2 is 2.18 bits per heavy atom. The highest BCUT2D eigenvalue weighted by molar-refractivity contribution is 5.30. The predicted molar refractivity (Wildman–Crippen MR) is 60.6 cm³/mol. The molecule has 1 aliphatic rings. The van der Waals surface area contributed by atoms with Gasteiger partial charge in [0.25, 0.3) is 5.56 Å². The van der Waals surface area contributed by atoms with E-state index in [9.17, 15) is 14.7 Å². The Balaban J connectivity index is 2.34. The molecule has 7 heteroatoms. The molecule has 0 aliphatic heterocycles. The second kappa shape index (κ2) is 4.34. The number of hydrogen-bond acceptors (Lipinski definition) is 5. The lowest BCUT2D eigenvalue weighted by Crippen LogP contribution is -2.33. The molecule has 0 amide bonds. The monoisotopic (exact) mass is 241 g/mol. The summed E-state index contributed by atoms with van der Waals surface area (Å²) in [7, 11) is 0. The number of nitrogens with two attached hydrogens (primary N) is 1. The second-order valence-corrected chi connectivity index (χ2v) is 4.39. The average molecular weight is 241 g/mol. The zero-order valence-electron chi connectivity index (χ0n) is 9.17. The van der Waals surface area contributed by atoms with Crippen molar-refractivity contribution in [2.45, 2.75) is 25.0 Å². The fourth-order valence-electron chi connectivity index (χ4n) is 2.27. The van der Waals surface area contributed by atoms with E-state index in [0.717, 1.165) is 0 Å². The van der Waals surface area contributed by atoms with Gasteiger partial charge >= 0.3 is 5.69 Å². The quantitative estimate of drug-likeness (QED) is 0.498. The molecule has 94 valence electrons. The number of nitrogens with one attached hydrogen (secondary N) is 1. The molecular formula is C10H15N3O4. The first-order valence-corrected chi connectivity index (χ1v) is 5.42. The molecule has 1 saturated carbocycles. The SMILES string of the molecule is Nc1cn([C@@H]2C[C@H](CO)[C@@H](O)C2)c(=O)[nH]c1=O. The van der Waals surface area contributed by atoms with E-state index in [-0.39, 0.29) is 24.3 Å². The molecule has 0 spiro atoms. The molecule has 2 rings (SSSR count). The van der Waals surface area contributed by atoms with Crippen LogP contribution in [0.1, 0.15) is 18.9 Å². The number of nitrogen functional groups attached to an aromatic ring is 1. The Kier molecular flexibility index (Phi) is 3.03. The topological polar surface area (TPSA) is 121 Å². The Morgan fingerprint density at radius 1 is 1.47 bits per heavy atom. The van der Waals surface area contributed by atoms with E-state index in [1.54, 1.807) is 0 Å². The van der Waals surface area contributed by atoms with Crippen LogP contribution in [0.2, 0.25) is 0 Å². The van der Waals surface area contributed by atoms with Crippen molar-refractivity contribution in [2.24, 2.45) is 5.92 Å². The minimum absolute atomic E-state index is 0.0356. The largest absolute Gasteiger partial charge is 0.396 e. The molecule has 0 saturated heterocycles. The fourth-order valence-corrected chi connectivity index (χ4v) is 2.27. The fraction of sp³-hybridized carbons (Fsp3) is 0.600. The maximum Gasteiger partial charge on any atom is 0.328 e. The summed E-state index contributed by atoms with van der Waals surface area (Å²) >= 11 is 0. The number of hydrogen-bond donors (Lipinski definition) is 4. The zero-order valence-corrected chi connectivity index (χ0v) is 9.17. The molecule has 1 aliphatic carbocycles. The molecule has 17 heavy (non-hydrogen) atoms. The predicted octanol–water partition coefficient (Wildman–Crippen LogP) is -1.58. The van der Waals surface area contributed by atoms with E-state index in [0.29, 0.717) is 12.8 Å². The van der Waals surface area contributed by atoms with Crippen molar-refractivity contribution >= 4 is 5.69 Å². The molecular weight excluding hydrogens is 226 g/mol. The Morgan fingerprint density at radius 3 is 2.76 bits per heavy atom. The number of rotatable bonds is 2. The highest BCUT2D eigenvalue weighted by Crippen LogP contribution is 2.33. The van der Waals surface area contributed by atoms with Crippen LogP contribution in [-0.4, -0.2) is 32.5 Å². The van der Waals surface area contributed by atoms with Crippen LogP contribution in [0.5, 0.6) is 0 Å². The second-order valence-electron chi connectivity index (χ2n) is 4.39. The molecule has 1 heterocycles. The third-order valence-electron chi connectivity index (χ3n) is 3.26. The molecule has 7 nitrogen and oxygen atoms in total. The number of anilines is 1. The normalized spacial score (nSPS) is 28.5. The smallest absolute Gasteiger partial charge is 0.328 e. The number of nitrogens with zero attached hydrogens (tertiary/aromatic N) is 1. The van der Waals surface area contributed by atoms with Gasteiger partial charge in [-0.1, -0.05) is 0 Å². The van der Waals surface area contributed by atoms with Crippen molar-refractivity contribution in [1.29, 1.82) is 0 Å². The third-order valence-corrected chi connectivity index (χ3v) is 3.26. The summed E-state index contributed by atoms with van der Waals surface area (Å²) in [4.78, 5) is 24.8. The minimum atomic E-state index is -0.634. The maximum atomic E-state index is 11.6. The van der Waals surface area contributed by atoms with Gasteiger partial charge in [-0.2, -0.15) is 0 Å². The van der Waals surface area contributed by atoms with E-state index in [4.69, 9.17) is 10.8 Å². The maximum absolute atomic E-state index is 11.6. The summed E-state index contributed by atoms with van der Waals surface area (Å²) in [6.45, 7) is -0.120. The van der Waals surface area contributed by atoms with E-state index in [1.165, 1.54) is 10.8 Å². The summed E-state index contributed by atoms with van der Waals surface area (Å²) in [5.74, 6) is -0.236. The molecule has 1 fully saturated rings. The van der Waals surface area contributed by atoms with Gasteiger partial charge < -0.3 is 15.9 Å². The van der Waals surface area contributed by atoms with E-state index in [2.05, 4.69) is 4.98 Å². The third kappa shape index (κ3) is 2.11. The average Bonchev–Trinajstić information content (AvgIpc) is 2.65. The van der Waals surface area contributed by atoms with Crippen LogP contribution >= 0.6 is 0 Å². The van der Waals surface area contributed by atoms with Gasteiger partial charge in [-0.25, -0.2) is 4.79 Å². The summed E-state index contributed by atoms with van der Waals surface area (Å²) in [5, 5.41) is 18.7. The Hall–Kier alpha value is -1.60. The van der Waals surface area contributed by atoms with Gasteiger partial charge in [0, 0.05) is 24.8 Å². The van der Waals surface area contributed by atoms with E-state index < -0.39 is 17.4 Å². The van der Waals surface area contributed by atoms with Crippen molar-refractivity contribution in [3.05, 3.63) is 27.0 Å². The lowest BCUT2D eigenvalue weighted by atomic mass is 10.1. The number of aliphatic hydroxyl groups excluding tert-OH is 2. The van der Waals surface area contributed by atoms with Gasteiger partial charge in [0.15, 0.2) is 0 Å². The molecule has 5 N–H and O–H groups in total. The Labute approximate surface area is 96.5 Å². The number of aromatic nitrogens is 2. The van der Waals surface area contributed by atoms with Gasteiger partial charge in [0.1, 0.15) is 5.69 Å². The Bertz CT molecular complexity index is 521. The highest BCUT2D eigenvalue weighted by Gasteiger charge is 2.34. The number of aliphatic hydroxyl groups is 2. The summed E-state index contributed by atoms with van der Waals surface area (Å²) in [6.07, 6.45) is 1.52. The molecule has 0 aromatic carbocycles. The zero-order chi connectivity index (χ0) is 12.6. The highest BCUT2D eigenvalue weighted by atomic mass is 16.3. The van der Waals surface area contributed by atoms with Gasteiger partial charge in [0.05, 0.1) is 6.10 Å². The van der Waals surface area contributed by atoms with Gasteiger partial charge in [0.2, 0.25) is 0 Å². The van der Waals surface area contributed by atoms with Crippen molar-refractivity contribution in [3.63, 3.8) is 0 Å². The van der Waals surface area contributed by atoms with E-state index in [1.807, 2.05) is 0 Å². The molecule has 1 aromatic heterocycles. The summed E-state index contributed by atoms with van der Waals surface area (Å²) < 4.78 is 1.32. The van der Waals surface area contributed by atoms with E-state index >= 15 is 0 Å². The number of aromatic amines is 1. The van der Waals surface area contributed by atoms with Gasteiger partial charge in [-0.15, -0.1) is 0 Å². The molecule has 0 radical (unpaired) electrons. The van der Waals surface area contributed by atoms with Crippen LogP contribution in [0, 0.1) is 5.92 Å².